The van der Waals surface area contributed by atoms with Gasteiger partial charge in [-0.3, -0.25) is 0 Å². The van der Waals surface area contributed by atoms with Crippen molar-refractivity contribution >= 4 is 36.7 Å². The Balaban J connectivity index is 2.75. The smallest absolute Gasteiger partial charge is 0.244 e. The SMILES string of the molecule is [B][C@@H]1O[C@H](COC(C)C)[C@@H](OP(O)(=S)SC)[C@H]1OC. The lowest BCUT2D eigenvalue weighted by Gasteiger charge is -2.26. The molecule has 1 rings (SSSR count). The van der Waals surface area contributed by atoms with E-state index in [2.05, 4.69) is 0 Å². The van der Waals surface area contributed by atoms with Gasteiger partial charge in [0.2, 0.25) is 5.69 Å². The van der Waals surface area contributed by atoms with Gasteiger partial charge in [0.15, 0.2) is 0 Å². The fourth-order valence-electron chi connectivity index (χ4n) is 1.77. The minimum absolute atomic E-state index is 0.0693. The van der Waals surface area contributed by atoms with Crippen LogP contribution < -0.4 is 0 Å². The summed E-state index contributed by atoms with van der Waals surface area (Å²) in [5.41, 5.74) is -2.91. The summed E-state index contributed by atoms with van der Waals surface area (Å²) in [5, 5.41) is 0. The highest BCUT2D eigenvalue weighted by Gasteiger charge is 2.45. The van der Waals surface area contributed by atoms with Crippen LogP contribution in [-0.2, 0) is 30.5 Å². The van der Waals surface area contributed by atoms with Gasteiger partial charge in [-0.25, -0.2) is 0 Å². The standard InChI is InChI=1S/C10H20BO5PS2/c1-6(2)14-5-7-8(16-17(12,18)19-4)9(13-3)10(11)15-7/h6-10H,5H2,1-4H3,(H,12,18)/t7-,8-,9-,10-,17?/m1/s1. The Morgan fingerprint density at radius 3 is 2.58 bits per heavy atom. The van der Waals surface area contributed by atoms with E-state index in [1.54, 1.807) is 6.26 Å². The third-order valence-electron chi connectivity index (χ3n) is 2.70. The molecule has 5 atom stereocenters. The first kappa shape index (κ1) is 17.9. The van der Waals surface area contributed by atoms with Gasteiger partial charge in [0, 0.05) is 13.1 Å². The van der Waals surface area contributed by atoms with Gasteiger partial charge in [-0.15, -0.1) is 0 Å². The van der Waals surface area contributed by atoms with Crippen LogP contribution in [0.5, 0.6) is 0 Å². The molecule has 0 aromatic carbocycles. The zero-order chi connectivity index (χ0) is 14.6. The van der Waals surface area contributed by atoms with Crippen molar-refractivity contribution in [1.29, 1.82) is 0 Å². The lowest BCUT2D eigenvalue weighted by Crippen LogP contribution is -2.38. The van der Waals surface area contributed by atoms with E-state index in [4.69, 9.17) is 38.4 Å². The zero-order valence-electron chi connectivity index (χ0n) is 11.5. The van der Waals surface area contributed by atoms with Gasteiger partial charge in [-0.05, 0) is 31.9 Å². The summed E-state index contributed by atoms with van der Waals surface area (Å²) in [6.45, 7) is 4.17. The Kier molecular flexibility index (Phi) is 7.31. The topological polar surface area (TPSA) is 57.2 Å². The first-order valence-corrected chi connectivity index (χ1v) is 10.4. The zero-order valence-corrected chi connectivity index (χ0v) is 14.0. The molecule has 110 valence electrons. The van der Waals surface area contributed by atoms with Crippen molar-refractivity contribution in [2.45, 2.75) is 44.3 Å². The van der Waals surface area contributed by atoms with Gasteiger partial charge in [-0.1, -0.05) is 11.4 Å². The summed E-state index contributed by atoms with van der Waals surface area (Å²) in [4.78, 5) is 9.95. The van der Waals surface area contributed by atoms with Crippen molar-refractivity contribution in [3.05, 3.63) is 0 Å². The predicted molar refractivity (Wildman–Crippen MR) is 81.2 cm³/mol. The molecule has 0 aromatic heterocycles. The molecule has 0 saturated carbocycles. The molecule has 9 heteroatoms. The third kappa shape index (κ3) is 5.28. The lowest BCUT2D eigenvalue weighted by atomic mass is 9.93. The summed E-state index contributed by atoms with van der Waals surface area (Å²) in [6, 6.07) is -0.618. The van der Waals surface area contributed by atoms with Crippen molar-refractivity contribution in [3.63, 3.8) is 0 Å². The van der Waals surface area contributed by atoms with Crippen LogP contribution in [0.15, 0.2) is 0 Å². The fourth-order valence-corrected chi connectivity index (χ4v) is 3.27. The highest BCUT2D eigenvalue weighted by molar-refractivity contribution is 8.67. The van der Waals surface area contributed by atoms with Crippen molar-refractivity contribution in [2.24, 2.45) is 0 Å². The maximum absolute atomic E-state index is 9.95. The quantitative estimate of drug-likeness (QED) is 0.559. The molecule has 0 aliphatic carbocycles. The Bertz CT molecular complexity index is 333. The third-order valence-corrected chi connectivity index (χ3v) is 6.91. The molecule has 5 nitrogen and oxygen atoms in total. The van der Waals surface area contributed by atoms with Crippen LogP contribution in [0.2, 0.25) is 0 Å². The Morgan fingerprint density at radius 2 is 2.11 bits per heavy atom. The normalized spacial score (nSPS) is 34.6. The van der Waals surface area contributed by atoms with Gasteiger partial charge in [0.05, 0.1) is 12.7 Å². The van der Waals surface area contributed by atoms with E-state index in [0.29, 0.717) is 6.61 Å². The molecule has 0 amide bonds. The van der Waals surface area contributed by atoms with Gasteiger partial charge in [0.1, 0.15) is 26.2 Å². The average Bonchev–Trinajstić information content (AvgIpc) is 2.62. The van der Waals surface area contributed by atoms with Gasteiger partial charge < -0.3 is 23.6 Å². The summed E-state index contributed by atoms with van der Waals surface area (Å²) >= 11 is 6.14. The molecule has 1 fully saturated rings. The van der Waals surface area contributed by atoms with Crippen LogP contribution in [0.1, 0.15) is 13.8 Å². The highest BCUT2D eigenvalue weighted by Crippen LogP contribution is 2.56. The molecule has 0 spiro atoms. The number of ether oxygens (including phenoxy) is 3. The molecule has 1 aliphatic rings. The first-order chi connectivity index (χ1) is 8.80. The van der Waals surface area contributed by atoms with E-state index in [-0.39, 0.29) is 6.10 Å². The largest absolute Gasteiger partial charge is 0.377 e. The summed E-state index contributed by atoms with van der Waals surface area (Å²) in [6.07, 6.45) is 0.381. The van der Waals surface area contributed by atoms with Crippen molar-refractivity contribution in [3.8, 4) is 0 Å². The molecule has 1 saturated heterocycles. The molecule has 0 bridgehead atoms. The van der Waals surface area contributed by atoms with E-state index >= 15 is 0 Å². The van der Waals surface area contributed by atoms with Crippen LogP contribution >= 0.6 is 17.1 Å². The van der Waals surface area contributed by atoms with Crippen LogP contribution in [-0.4, -0.2) is 63.1 Å². The maximum Gasteiger partial charge on any atom is 0.244 e. The molecule has 1 heterocycles. The molecule has 1 aliphatic heterocycles. The molecule has 2 radical (unpaired) electrons. The summed E-state index contributed by atoms with van der Waals surface area (Å²) in [7, 11) is 7.37. The van der Waals surface area contributed by atoms with E-state index in [9.17, 15) is 4.89 Å². The Hall–Kier alpha value is 0.865. The maximum atomic E-state index is 9.95. The van der Waals surface area contributed by atoms with Gasteiger partial charge >= 0.3 is 0 Å². The monoisotopic (exact) mass is 326 g/mol. The van der Waals surface area contributed by atoms with Crippen molar-refractivity contribution < 1.29 is 23.6 Å². The number of rotatable bonds is 7. The molecule has 1 N–H and O–H groups in total. The second-order valence-electron chi connectivity index (χ2n) is 4.44. The van der Waals surface area contributed by atoms with E-state index in [0.717, 1.165) is 11.4 Å². The molecular formula is C10H20BO5PS2. The van der Waals surface area contributed by atoms with E-state index in [1.165, 1.54) is 7.11 Å². The van der Waals surface area contributed by atoms with Crippen molar-refractivity contribution in [1.82, 2.24) is 0 Å². The number of methoxy groups -OCH3 is 1. The number of hydrogen-bond donors (Lipinski definition) is 1. The summed E-state index contributed by atoms with van der Waals surface area (Å²) < 4.78 is 22.0. The average molecular weight is 326 g/mol. The number of hydrogen-bond acceptors (Lipinski definition) is 6. The summed E-state index contributed by atoms with van der Waals surface area (Å²) in [5.74, 6) is 0. The fraction of sp³-hybridized carbons (Fsp3) is 1.00. The minimum atomic E-state index is -2.91. The lowest BCUT2D eigenvalue weighted by molar-refractivity contribution is -0.0423. The van der Waals surface area contributed by atoms with Crippen molar-refractivity contribution in [2.75, 3.05) is 20.0 Å². The van der Waals surface area contributed by atoms with Gasteiger partial charge in [-0.2, -0.15) is 0 Å². The van der Waals surface area contributed by atoms with Crippen LogP contribution in [0.25, 0.3) is 0 Å². The van der Waals surface area contributed by atoms with Crippen LogP contribution in [0, 0.1) is 0 Å². The second-order valence-corrected chi connectivity index (χ2v) is 10.7. The van der Waals surface area contributed by atoms with E-state index in [1.807, 2.05) is 13.8 Å². The predicted octanol–water partition coefficient (Wildman–Crippen LogP) is 1.28. The Morgan fingerprint density at radius 1 is 1.47 bits per heavy atom. The van der Waals surface area contributed by atoms with E-state index < -0.39 is 30.0 Å². The minimum Gasteiger partial charge on any atom is -0.377 e. The van der Waals surface area contributed by atoms with Crippen LogP contribution in [0.3, 0.4) is 0 Å². The molecule has 1 unspecified atom stereocenters. The van der Waals surface area contributed by atoms with Gasteiger partial charge in [0.25, 0.3) is 0 Å². The molecule has 0 aromatic rings. The molecule has 19 heavy (non-hydrogen) atoms. The van der Waals surface area contributed by atoms with Crippen LogP contribution in [0.4, 0.5) is 0 Å². The molecular weight excluding hydrogens is 306 g/mol. The second kappa shape index (κ2) is 7.75. The first-order valence-electron chi connectivity index (χ1n) is 5.93. The highest BCUT2D eigenvalue weighted by atomic mass is 32.9. The Labute approximate surface area is 125 Å².